The van der Waals surface area contributed by atoms with Crippen molar-refractivity contribution in [1.29, 1.82) is 0 Å². The van der Waals surface area contributed by atoms with Crippen molar-refractivity contribution in [3.63, 3.8) is 0 Å². The zero-order valence-corrected chi connectivity index (χ0v) is 12.8. The van der Waals surface area contributed by atoms with E-state index < -0.39 is 0 Å². The predicted octanol–water partition coefficient (Wildman–Crippen LogP) is 3.28. The van der Waals surface area contributed by atoms with Crippen LogP contribution < -0.4 is 10.2 Å². The smallest absolute Gasteiger partial charge is 0.128 e. The largest absolute Gasteiger partial charge is 0.355 e. The number of nitrogens with one attached hydrogen (secondary N) is 1. The van der Waals surface area contributed by atoms with Gasteiger partial charge in [-0.15, -0.1) is 0 Å². The first-order valence-corrected chi connectivity index (χ1v) is 7.67. The molecule has 0 amide bonds. The summed E-state index contributed by atoms with van der Waals surface area (Å²) in [5.74, 6) is 1.04. The lowest BCUT2D eigenvalue weighted by molar-refractivity contribution is 0.673. The SMILES string of the molecule is Cc1ccccc1CN(C)c1cccc(CNC2CC2)n1. The highest BCUT2D eigenvalue weighted by Gasteiger charge is 2.20. The van der Waals surface area contributed by atoms with Gasteiger partial charge in [0.05, 0.1) is 5.69 Å². The number of hydrogen-bond donors (Lipinski definition) is 1. The molecule has 0 spiro atoms. The third-order valence-electron chi connectivity index (χ3n) is 4.00. The average molecular weight is 281 g/mol. The molecule has 0 bridgehead atoms. The van der Waals surface area contributed by atoms with Crippen LogP contribution in [0.4, 0.5) is 5.82 Å². The Hall–Kier alpha value is -1.87. The molecule has 110 valence electrons. The molecule has 0 radical (unpaired) electrons. The topological polar surface area (TPSA) is 28.2 Å². The summed E-state index contributed by atoms with van der Waals surface area (Å²) in [4.78, 5) is 6.97. The second kappa shape index (κ2) is 6.27. The first-order valence-electron chi connectivity index (χ1n) is 7.67. The van der Waals surface area contributed by atoms with E-state index in [9.17, 15) is 0 Å². The van der Waals surface area contributed by atoms with Crippen molar-refractivity contribution in [3.8, 4) is 0 Å². The highest BCUT2D eigenvalue weighted by molar-refractivity contribution is 5.40. The fourth-order valence-corrected chi connectivity index (χ4v) is 2.44. The molecule has 1 aliphatic rings. The van der Waals surface area contributed by atoms with Crippen molar-refractivity contribution in [2.75, 3.05) is 11.9 Å². The molecular weight excluding hydrogens is 258 g/mol. The van der Waals surface area contributed by atoms with Gasteiger partial charge in [0.15, 0.2) is 0 Å². The van der Waals surface area contributed by atoms with Crippen molar-refractivity contribution in [2.24, 2.45) is 0 Å². The molecule has 0 saturated heterocycles. The number of aromatic nitrogens is 1. The maximum absolute atomic E-state index is 4.76. The van der Waals surface area contributed by atoms with Gasteiger partial charge in [-0.3, -0.25) is 0 Å². The molecule has 1 aromatic carbocycles. The first-order chi connectivity index (χ1) is 10.2. The molecule has 0 atom stereocenters. The third kappa shape index (κ3) is 3.82. The van der Waals surface area contributed by atoms with E-state index in [0.29, 0.717) is 0 Å². The van der Waals surface area contributed by atoms with Crippen molar-refractivity contribution in [3.05, 3.63) is 59.3 Å². The van der Waals surface area contributed by atoms with Crippen molar-refractivity contribution >= 4 is 5.82 Å². The average Bonchev–Trinajstić information content (AvgIpc) is 3.32. The zero-order valence-electron chi connectivity index (χ0n) is 12.8. The Kier molecular flexibility index (Phi) is 4.20. The molecular formula is C18H23N3. The monoisotopic (exact) mass is 281 g/mol. The maximum atomic E-state index is 4.76. The number of hydrogen-bond acceptors (Lipinski definition) is 3. The number of pyridine rings is 1. The molecule has 1 aromatic heterocycles. The van der Waals surface area contributed by atoms with Gasteiger partial charge in [0.25, 0.3) is 0 Å². The van der Waals surface area contributed by atoms with Gasteiger partial charge in [-0.2, -0.15) is 0 Å². The lowest BCUT2D eigenvalue weighted by atomic mass is 10.1. The van der Waals surface area contributed by atoms with Crippen molar-refractivity contribution in [1.82, 2.24) is 10.3 Å². The van der Waals surface area contributed by atoms with E-state index in [-0.39, 0.29) is 0 Å². The third-order valence-corrected chi connectivity index (χ3v) is 4.00. The molecule has 3 nitrogen and oxygen atoms in total. The molecule has 21 heavy (non-hydrogen) atoms. The standard InChI is InChI=1S/C18H23N3/c1-14-6-3-4-7-15(14)13-21(2)18-9-5-8-17(20-18)12-19-16-10-11-16/h3-9,16,19H,10-13H2,1-2H3. The van der Waals surface area contributed by atoms with Gasteiger partial charge < -0.3 is 10.2 Å². The summed E-state index contributed by atoms with van der Waals surface area (Å²) < 4.78 is 0. The molecule has 1 aliphatic carbocycles. The Bertz CT molecular complexity index is 605. The van der Waals surface area contributed by atoms with Crippen LogP contribution >= 0.6 is 0 Å². The molecule has 0 unspecified atom stereocenters. The van der Waals surface area contributed by atoms with Crippen LogP contribution in [-0.2, 0) is 13.1 Å². The number of aryl methyl sites for hydroxylation is 1. The van der Waals surface area contributed by atoms with Crippen LogP contribution in [0.1, 0.15) is 29.7 Å². The molecule has 3 heteroatoms. The summed E-state index contributed by atoms with van der Waals surface area (Å²) in [6.45, 7) is 3.92. The molecule has 1 heterocycles. The lowest BCUT2D eigenvalue weighted by Gasteiger charge is -2.20. The molecule has 1 N–H and O–H groups in total. The van der Waals surface area contributed by atoms with Gasteiger partial charge in [-0.05, 0) is 43.0 Å². The van der Waals surface area contributed by atoms with Crippen LogP contribution in [0.5, 0.6) is 0 Å². The number of anilines is 1. The second-order valence-electron chi connectivity index (χ2n) is 5.92. The van der Waals surface area contributed by atoms with E-state index in [4.69, 9.17) is 4.98 Å². The Morgan fingerprint density at radius 1 is 1.14 bits per heavy atom. The van der Waals surface area contributed by atoms with Crippen LogP contribution in [0, 0.1) is 6.92 Å². The number of benzene rings is 1. The Labute approximate surface area is 127 Å². The van der Waals surface area contributed by atoms with Gasteiger partial charge in [-0.25, -0.2) is 4.98 Å². The Morgan fingerprint density at radius 2 is 1.95 bits per heavy atom. The summed E-state index contributed by atoms with van der Waals surface area (Å²) in [6.07, 6.45) is 2.62. The highest BCUT2D eigenvalue weighted by Crippen LogP contribution is 2.20. The Morgan fingerprint density at radius 3 is 2.71 bits per heavy atom. The van der Waals surface area contributed by atoms with E-state index >= 15 is 0 Å². The Balaban J connectivity index is 1.67. The van der Waals surface area contributed by atoms with Crippen LogP contribution in [0.3, 0.4) is 0 Å². The van der Waals surface area contributed by atoms with E-state index in [2.05, 4.69) is 66.7 Å². The van der Waals surface area contributed by atoms with Crippen molar-refractivity contribution < 1.29 is 0 Å². The first kappa shape index (κ1) is 14.1. The molecule has 1 fully saturated rings. The van der Waals surface area contributed by atoms with Crippen LogP contribution in [0.15, 0.2) is 42.5 Å². The quantitative estimate of drug-likeness (QED) is 0.880. The van der Waals surface area contributed by atoms with E-state index in [1.807, 2.05) is 0 Å². The van der Waals surface area contributed by atoms with Crippen molar-refractivity contribution in [2.45, 2.75) is 38.9 Å². The zero-order chi connectivity index (χ0) is 14.7. The minimum Gasteiger partial charge on any atom is -0.355 e. The van der Waals surface area contributed by atoms with Crippen LogP contribution in [0.25, 0.3) is 0 Å². The van der Waals surface area contributed by atoms with Crippen LogP contribution in [0.2, 0.25) is 0 Å². The fraction of sp³-hybridized carbons (Fsp3) is 0.389. The molecule has 1 saturated carbocycles. The molecule has 2 aromatic rings. The molecule has 3 rings (SSSR count). The maximum Gasteiger partial charge on any atom is 0.128 e. The predicted molar refractivity (Wildman–Crippen MR) is 87.4 cm³/mol. The van der Waals surface area contributed by atoms with Gasteiger partial charge in [0.2, 0.25) is 0 Å². The lowest BCUT2D eigenvalue weighted by Crippen LogP contribution is -2.20. The second-order valence-corrected chi connectivity index (χ2v) is 5.92. The van der Waals surface area contributed by atoms with Gasteiger partial charge in [0.1, 0.15) is 5.82 Å². The summed E-state index contributed by atoms with van der Waals surface area (Å²) in [5.41, 5.74) is 3.80. The fourth-order valence-electron chi connectivity index (χ4n) is 2.44. The normalized spacial score (nSPS) is 14.2. The van der Waals surface area contributed by atoms with Crippen LogP contribution in [-0.4, -0.2) is 18.1 Å². The summed E-state index contributed by atoms with van der Waals surface area (Å²) >= 11 is 0. The number of nitrogens with zero attached hydrogens (tertiary/aromatic N) is 2. The van der Waals surface area contributed by atoms with E-state index in [1.54, 1.807) is 0 Å². The highest BCUT2D eigenvalue weighted by atomic mass is 15.2. The minimum atomic E-state index is 0.722. The molecule has 0 aliphatic heterocycles. The van der Waals surface area contributed by atoms with Gasteiger partial charge in [-0.1, -0.05) is 30.3 Å². The van der Waals surface area contributed by atoms with Gasteiger partial charge in [0, 0.05) is 26.2 Å². The van der Waals surface area contributed by atoms with Gasteiger partial charge >= 0.3 is 0 Å². The van der Waals surface area contributed by atoms with E-state index in [1.165, 1.54) is 24.0 Å². The summed E-state index contributed by atoms with van der Waals surface area (Å²) in [6, 6.07) is 15.5. The summed E-state index contributed by atoms with van der Waals surface area (Å²) in [7, 11) is 2.10. The summed E-state index contributed by atoms with van der Waals surface area (Å²) in [5, 5.41) is 3.52. The number of rotatable bonds is 6. The van der Waals surface area contributed by atoms with E-state index in [0.717, 1.165) is 30.6 Å². The minimum absolute atomic E-state index is 0.722.